The molecule has 218 valence electrons. The number of hydrogen-bond donors (Lipinski definition) is 0. The zero-order valence-electron chi connectivity index (χ0n) is 21.0. The van der Waals surface area contributed by atoms with E-state index in [1.54, 1.807) is 18.2 Å². The second-order valence-electron chi connectivity index (χ2n) is 9.06. The highest BCUT2D eigenvalue weighted by Gasteiger charge is 2.42. The van der Waals surface area contributed by atoms with Gasteiger partial charge in [0.05, 0.1) is 46.0 Å². The lowest BCUT2D eigenvalue weighted by Gasteiger charge is -2.36. The fourth-order valence-electron chi connectivity index (χ4n) is 4.55. The number of morpholine rings is 1. The Morgan fingerprint density at radius 1 is 0.951 bits per heavy atom. The van der Waals surface area contributed by atoms with Gasteiger partial charge in [-0.1, -0.05) is 47.5 Å². The fraction of sp³-hybridized carbons (Fsp3) is 0.286. The Kier molecular flexibility index (Phi) is 9.20. The molecule has 0 saturated carbocycles. The van der Waals surface area contributed by atoms with Crippen LogP contribution in [0.2, 0.25) is 10.0 Å². The summed E-state index contributed by atoms with van der Waals surface area (Å²) in [5, 5.41) is -0.107. The summed E-state index contributed by atoms with van der Waals surface area (Å²) in [5.41, 5.74) is -4.16. The molecule has 0 radical (unpaired) electrons. The molecular formula is C28H21Cl2F6NO4. The number of alkyl halides is 6. The third kappa shape index (κ3) is 7.14. The van der Waals surface area contributed by atoms with E-state index < -0.39 is 65.7 Å². The summed E-state index contributed by atoms with van der Waals surface area (Å²) in [7, 11) is 0. The number of halogens is 8. The van der Waals surface area contributed by atoms with E-state index in [-0.39, 0.29) is 46.8 Å². The van der Waals surface area contributed by atoms with Crippen LogP contribution in [0, 0.1) is 0 Å². The minimum absolute atomic E-state index is 0.000755. The molecule has 41 heavy (non-hydrogen) atoms. The molecule has 5 nitrogen and oxygen atoms in total. The first-order valence-corrected chi connectivity index (χ1v) is 12.9. The quantitative estimate of drug-likeness (QED) is 0.200. The molecular weight excluding hydrogens is 599 g/mol. The molecule has 0 aromatic heterocycles. The van der Waals surface area contributed by atoms with Crippen molar-refractivity contribution in [2.45, 2.75) is 24.8 Å². The molecule has 1 saturated heterocycles. The minimum atomic E-state index is -5.23. The van der Waals surface area contributed by atoms with Crippen LogP contribution in [0.5, 0.6) is 0 Å². The van der Waals surface area contributed by atoms with Gasteiger partial charge in [0.1, 0.15) is 6.61 Å². The van der Waals surface area contributed by atoms with Crippen LogP contribution in [-0.4, -0.2) is 43.1 Å². The van der Waals surface area contributed by atoms with Gasteiger partial charge in [-0.2, -0.15) is 26.3 Å². The largest absolute Gasteiger partial charge is 0.462 e. The van der Waals surface area contributed by atoms with E-state index in [9.17, 15) is 35.9 Å². The Labute approximate surface area is 240 Å². The number of ether oxygens (including phenoxy) is 2. The number of hydrogen-bond acceptors (Lipinski definition) is 4. The first kappa shape index (κ1) is 30.7. The lowest BCUT2D eigenvalue weighted by atomic mass is 9.86. The van der Waals surface area contributed by atoms with E-state index in [1.807, 2.05) is 0 Å². The van der Waals surface area contributed by atoms with Gasteiger partial charge in [0.2, 0.25) is 5.91 Å². The lowest BCUT2D eigenvalue weighted by molar-refractivity contribution is -0.146. The van der Waals surface area contributed by atoms with Gasteiger partial charge in [0, 0.05) is 13.0 Å². The van der Waals surface area contributed by atoms with Crippen molar-refractivity contribution in [3.05, 3.63) is 93.0 Å². The first-order valence-electron chi connectivity index (χ1n) is 12.1. The van der Waals surface area contributed by atoms with Crippen LogP contribution in [0.25, 0.3) is 11.1 Å². The molecule has 1 heterocycles. The van der Waals surface area contributed by atoms with Crippen LogP contribution in [0.3, 0.4) is 0 Å². The Bertz CT molecular complexity index is 1430. The average Bonchev–Trinajstić information content (AvgIpc) is 2.92. The molecule has 1 aliphatic rings. The normalized spacial score (nSPS) is 15.1. The van der Waals surface area contributed by atoms with Crippen LogP contribution in [0.4, 0.5) is 26.3 Å². The maximum absolute atomic E-state index is 14.4. The second kappa shape index (κ2) is 12.3. The SMILES string of the molecule is O=C(OCCC(c1cc(C(F)(F)F)cc(C(F)(F)F)c1-c1ccc(Cl)c(Cl)c1)N1CCOCC1=O)c1ccccc1. The topological polar surface area (TPSA) is 55.8 Å². The van der Waals surface area contributed by atoms with Crippen molar-refractivity contribution in [1.82, 2.24) is 4.90 Å². The summed E-state index contributed by atoms with van der Waals surface area (Å²) in [6.45, 7) is -0.956. The van der Waals surface area contributed by atoms with Crippen LogP contribution in [0.15, 0.2) is 60.7 Å². The zero-order chi connectivity index (χ0) is 29.9. The van der Waals surface area contributed by atoms with E-state index in [1.165, 1.54) is 24.3 Å². The van der Waals surface area contributed by atoms with Crippen molar-refractivity contribution in [1.29, 1.82) is 0 Å². The number of amides is 1. The number of esters is 1. The molecule has 3 aromatic rings. The van der Waals surface area contributed by atoms with Gasteiger partial charge in [-0.05, 0) is 53.1 Å². The molecule has 1 amide bonds. The molecule has 0 bridgehead atoms. The third-order valence-electron chi connectivity index (χ3n) is 6.40. The Hall–Kier alpha value is -3.28. The lowest BCUT2D eigenvalue weighted by Crippen LogP contribution is -2.44. The summed E-state index contributed by atoms with van der Waals surface area (Å²) in [4.78, 5) is 26.5. The second-order valence-corrected chi connectivity index (χ2v) is 9.87. The molecule has 1 unspecified atom stereocenters. The molecule has 3 aromatic carbocycles. The summed E-state index contributed by atoms with van der Waals surface area (Å²) in [6.07, 6.45) is -10.7. The van der Waals surface area contributed by atoms with Gasteiger partial charge in [-0.3, -0.25) is 4.79 Å². The number of carbonyl (C=O) groups excluding carboxylic acids is 2. The monoisotopic (exact) mass is 619 g/mol. The average molecular weight is 620 g/mol. The van der Waals surface area contributed by atoms with Crippen LogP contribution < -0.4 is 0 Å². The number of nitrogens with zero attached hydrogens (tertiary/aromatic N) is 1. The van der Waals surface area contributed by atoms with Crippen molar-refractivity contribution in [3.8, 4) is 11.1 Å². The smallest absolute Gasteiger partial charge is 0.417 e. The molecule has 0 N–H and O–H groups in total. The van der Waals surface area contributed by atoms with E-state index >= 15 is 0 Å². The van der Waals surface area contributed by atoms with E-state index in [4.69, 9.17) is 32.7 Å². The van der Waals surface area contributed by atoms with E-state index in [0.717, 1.165) is 11.0 Å². The van der Waals surface area contributed by atoms with Gasteiger partial charge >= 0.3 is 18.3 Å². The Morgan fingerprint density at radius 3 is 2.27 bits per heavy atom. The summed E-state index contributed by atoms with van der Waals surface area (Å²) < 4.78 is 95.4. The van der Waals surface area contributed by atoms with Crippen molar-refractivity contribution >= 4 is 35.1 Å². The maximum Gasteiger partial charge on any atom is 0.417 e. The summed E-state index contributed by atoms with van der Waals surface area (Å²) in [5.74, 6) is -1.40. The molecule has 1 atom stereocenters. The van der Waals surface area contributed by atoms with Crippen molar-refractivity contribution < 1.29 is 45.4 Å². The van der Waals surface area contributed by atoms with Crippen molar-refractivity contribution in [3.63, 3.8) is 0 Å². The van der Waals surface area contributed by atoms with Gasteiger partial charge in [-0.15, -0.1) is 0 Å². The van der Waals surface area contributed by atoms with Crippen molar-refractivity contribution in [2.75, 3.05) is 26.4 Å². The molecule has 4 rings (SSSR count). The predicted octanol–water partition coefficient (Wildman–Crippen LogP) is 7.85. The number of rotatable bonds is 7. The highest BCUT2D eigenvalue weighted by atomic mass is 35.5. The van der Waals surface area contributed by atoms with Crippen LogP contribution >= 0.6 is 23.2 Å². The number of benzene rings is 3. The van der Waals surface area contributed by atoms with Gasteiger partial charge in [-0.25, -0.2) is 4.79 Å². The van der Waals surface area contributed by atoms with Gasteiger partial charge < -0.3 is 14.4 Å². The standard InChI is InChI=1S/C28H21Cl2F6NO4/c29-21-7-6-17(12-22(21)30)25-19(13-18(27(31,32)33)14-20(25)28(34,35)36)23(37-9-11-40-15-24(37)38)8-10-41-26(39)16-4-2-1-3-5-16/h1-7,12-14,23H,8-11,15H2. The third-order valence-corrected chi connectivity index (χ3v) is 7.14. The summed E-state index contributed by atoms with van der Waals surface area (Å²) >= 11 is 12.0. The Balaban J connectivity index is 1.89. The van der Waals surface area contributed by atoms with E-state index in [2.05, 4.69) is 0 Å². The first-order chi connectivity index (χ1) is 19.3. The molecule has 1 fully saturated rings. The summed E-state index contributed by atoms with van der Waals surface area (Å²) in [6, 6.07) is 10.6. The maximum atomic E-state index is 14.4. The van der Waals surface area contributed by atoms with Crippen LogP contribution in [-0.2, 0) is 26.6 Å². The Morgan fingerprint density at radius 2 is 1.66 bits per heavy atom. The fourth-order valence-corrected chi connectivity index (χ4v) is 4.85. The minimum Gasteiger partial charge on any atom is -0.462 e. The molecule has 0 aliphatic carbocycles. The highest BCUT2D eigenvalue weighted by molar-refractivity contribution is 6.42. The zero-order valence-corrected chi connectivity index (χ0v) is 22.5. The van der Waals surface area contributed by atoms with Crippen LogP contribution in [0.1, 0.15) is 39.5 Å². The van der Waals surface area contributed by atoms with Crippen molar-refractivity contribution in [2.24, 2.45) is 0 Å². The van der Waals surface area contributed by atoms with E-state index in [0.29, 0.717) is 6.07 Å². The molecule has 1 aliphatic heterocycles. The van der Waals surface area contributed by atoms with Gasteiger partial charge in [0.25, 0.3) is 0 Å². The predicted molar refractivity (Wildman–Crippen MR) is 139 cm³/mol. The molecule has 0 spiro atoms. The highest BCUT2D eigenvalue weighted by Crippen LogP contribution is 2.47. The number of carbonyl (C=O) groups is 2. The molecule has 13 heteroatoms. The van der Waals surface area contributed by atoms with Gasteiger partial charge in [0.15, 0.2) is 0 Å².